The minimum Gasteiger partial charge on any atom is -0.394 e. The fourth-order valence-electron chi connectivity index (χ4n) is 5.76. The lowest BCUT2D eigenvalue weighted by atomic mass is 9.96. The van der Waals surface area contributed by atoms with Crippen LogP contribution in [0.4, 0.5) is 0 Å². The lowest BCUT2D eigenvalue weighted by Crippen LogP contribution is -2.66. The predicted octanol–water partition coefficient (Wildman–Crippen LogP) is -5.16. The number of carbonyl (C=O) groups is 1. The zero-order valence-electron chi connectivity index (χ0n) is 28.1. The van der Waals surface area contributed by atoms with E-state index in [0.29, 0.717) is 12.8 Å². The van der Waals surface area contributed by atoms with Crippen molar-refractivity contribution in [2.24, 2.45) is 0 Å². The predicted molar refractivity (Wildman–Crippen MR) is 166 cm³/mol. The van der Waals surface area contributed by atoms with Gasteiger partial charge in [-0.15, -0.1) is 0 Å². The van der Waals surface area contributed by atoms with E-state index in [4.69, 9.17) is 28.4 Å². The van der Waals surface area contributed by atoms with Gasteiger partial charge in [-0.1, -0.05) is 38.8 Å². The molecule has 50 heavy (non-hydrogen) atoms. The van der Waals surface area contributed by atoms with Gasteiger partial charge in [0.15, 0.2) is 18.9 Å². The highest BCUT2D eigenvalue weighted by molar-refractivity contribution is 5.76. The highest BCUT2D eigenvalue weighted by Gasteiger charge is 2.53. The maximum absolute atomic E-state index is 12.4. The third kappa shape index (κ3) is 10.8. The van der Waals surface area contributed by atoms with Gasteiger partial charge in [0.2, 0.25) is 5.91 Å². The molecule has 292 valence electrons. The van der Waals surface area contributed by atoms with Gasteiger partial charge in [-0.3, -0.25) is 4.79 Å². The number of allylic oxidation sites excluding steroid dienone is 1. The van der Waals surface area contributed by atoms with E-state index in [0.717, 1.165) is 12.8 Å². The Morgan fingerprint density at radius 1 is 0.700 bits per heavy atom. The number of amides is 1. The Labute approximate surface area is 289 Å². The molecule has 3 fully saturated rings. The van der Waals surface area contributed by atoms with Gasteiger partial charge in [0.1, 0.15) is 73.2 Å². The highest BCUT2D eigenvalue weighted by atomic mass is 16.8. The number of ether oxygens (including phenoxy) is 6. The first-order valence-electron chi connectivity index (χ1n) is 16.9. The van der Waals surface area contributed by atoms with Crippen LogP contribution in [-0.4, -0.2) is 193 Å². The Hall–Kier alpha value is -1.47. The lowest BCUT2D eigenvalue weighted by Gasteiger charge is -2.48. The van der Waals surface area contributed by atoms with Crippen molar-refractivity contribution in [1.29, 1.82) is 0 Å². The number of aliphatic hydroxyl groups is 11. The van der Waals surface area contributed by atoms with E-state index < -0.39 is 124 Å². The van der Waals surface area contributed by atoms with Crippen LogP contribution in [0.3, 0.4) is 0 Å². The molecule has 19 heteroatoms. The SMILES string of the molecule is CCC/C=C/C(O)C(COC1OC(CO)C(OC2OC(CO)C(OC3OC(CO)C(O)C(O)C3O)C(O)C2O)C(O)C1O)NC(=O)CCCC. The van der Waals surface area contributed by atoms with Crippen LogP contribution in [0, 0.1) is 0 Å². The Balaban J connectivity index is 1.67. The van der Waals surface area contributed by atoms with Gasteiger partial charge in [0, 0.05) is 6.42 Å². The maximum atomic E-state index is 12.4. The number of hydrogen-bond acceptors (Lipinski definition) is 18. The summed E-state index contributed by atoms with van der Waals surface area (Å²) in [4.78, 5) is 12.4. The second-order valence-electron chi connectivity index (χ2n) is 12.6. The van der Waals surface area contributed by atoms with E-state index in [1.54, 1.807) is 6.08 Å². The molecule has 0 aromatic carbocycles. The standard InChI is InChI=1S/C31H55NO18/c1-3-5-7-8-15(36)14(32-19(37)9-6-4-2)13-45-29-25(43)22(40)27(17(11-34)47-29)50-31-26(44)23(41)28(18(12-35)48-31)49-30-24(42)21(39)20(38)16(10-33)46-30/h7-8,14-18,20-31,33-36,38-44H,3-6,9-13H2,1-2H3,(H,32,37)/b8-7+. The minimum atomic E-state index is -1.97. The van der Waals surface area contributed by atoms with Crippen LogP contribution in [0.15, 0.2) is 12.2 Å². The first kappa shape index (κ1) is 42.9. The summed E-state index contributed by atoms with van der Waals surface area (Å²) in [5, 5.41) is 117. The number of unbranched alkanes of at least 4 members (excludes halogenated alkanes) is 2. The molecule has 1 amide bonds. The molecule has 0 aliphatic carbocycles. The number of aliphatic hydroxyl groups excluding tert-OH is 11. The summed E-state index contributed by atoms with van der Waals surface area (Å²) in [6.45, 7) is 1.10. The fraction of sp³-hybridized carbons (Fsp3) is 0.903. The normalized spacial score (nSPS) is 40.9. The zero-order valence-corrected chi connectivity index (χ0v) is 28.1. The topological polar surface area (TPSA) is 307 Å². The quantitative estimate of drug-likeness (QED) is 0.0587. The number of nitrogens with one attached hydrogen (secondary N) is 1. The van der Waals surface area contributed by atoms with Gasteiger partial charge >= 0.3 is 0 Å². The first-order valence-corrected chi connectivity index (χ1v) is 16.9. The summed E-state index contributed by atoms with van der Waals surface area (Å²) in [6.07, 6.45) is -20.3. The van der Waals surface area contributed by atoms with Crippen molar-refractivity contribution in [1.82, 2.24) is 5.32 Å². The van der Waals surface area contributed by atoms with Crippen molar-refractivity contribution in [2.45, 2.75) is 150 Å². The molecule has 3 rings (SSSR count). The summed E-state index contributed by atoms with van der Waals surface area (Å²) in [5.74, 6) is -0.328. The van der Waals surface area contributed by atoms with Gasteiger partial charge in [-0.2, -0.15) is 0 Å². The van der Waals surface area contributed by atoms with Crippen LogP contribution in [0.2, 0.25) is 0 Å². The smallest absolute Gasteiger partial charge is 0.220 e. The molecule has 0 bridgehead atoms. The largest absolute Gasteiger partial charge is 0.394 e. The van der Waals surface area contributed by atoms with Crippen LogP contribution in [-0.2, 0) is 33.2 Å². The Morgan fingerprint density at radius 3 is 1.72 bits per heavy atom. The van der Waals surface area contributed by atoms with Gasteiger partial charge < -0.3 is 89.9 Å². The van der Waals surface area contributed by atoms with Crippen LogP contribution >= 0.6 is 0 Å². The van der Waals surface area contributed by atoms with Crippen LogP contribution in [0.25, 0.3) is 0 Å². The van der Waals surface area contributed by atoms with Crippen molar-refractivity contribution in [3.05, 3.63) is 12.2 Å². The van der Waals surface area contributed by atoms with E-state index in [2.05, 4.69) is 5.32 Å². The van der Waals surface area contributed by atoms with Crippen molar-refractivity contribution < 1.29 is 89.4 Å². The molecule has 17 atom stereocenters. The molecule has 19 nitrogen and oxygen atoms in total. The monoisotopic (exact) mass is 729 g/mol. The van der Waals surface area contributed by atoms with Crippen molar-refractivity contribution in [3.63, 3.8) is 0 Å². The minimum absolute atomic E-state index is 0.215. The van der Waals surface area contributed by atoms with Gasteiger partial charge in [0.25, 0.3) is 0 Å². The van der Waals surface area contributed by atoms with Crippen molar-refractivity contribution in [3.8, 4) is 0 Å². The second-order valence-corrected chi connectivity index (χ2v) is 12.6. The van der Waals surface area contributed by atoms with E-state index in [1.807, 2.05) is 13.8 Å². The summed E-state index contributed by atoms with van der Waals surface area (Å²) in [7, 11) is 0. The van der Waals surface area contributed by atoms with Gasteiger partial charge in [-0.25, -0.2) is 0 Å². The summed E-state index contributed by atoms with van der Waals surface area (Å²) >= 11 is 0. The number of hydrogen-bond donors (Lipinski definition) is 12. The first-order chi connectivity index (χ1) is 23.8. The highest BCUT2D eigenvalue weighted by Crippen LogP contribution is 2.32. The molecule has 0 aromatic rings. The molecule has 3 aliphatic heterocycles. The Kier molecular flexibility index (Phi) is 17.8. The van der Waals surface area contributed by atoms with Gasteiger partial charge in [0.05, 0.1) is 38.6 Å². The van der Waals surface area contributed by atoms with E-state index in [1.165, 1.54) is 6.08 Å². The molecular formula is C31H55NO18. The molecular weight excluding hydrogens is 674 g/mol. The zero-order chi connectivity index (χ0) is 37.1. The van der Waals surface area contributed by atoms with E-state index >= 15 is 0 Å². The summed E-state index contributed by atoms with van der Waals surface area (Å²) in [5.41, 5.74) is 0. The van der Waals surface area contributed by atoms with Crippen LogP contribution < -0.4 is 5.32 Å². The molecule has 0 radical (unpaired) electrons. The summed E-state index contributed by atoms with van der Waals surface area (Å²) in [6, 6.07) is -0.956. The van der Waals surface area contributed by atoms with E-state index in [9.17, 15) is 61.0 Å². The van der Waals surface area contributed by atoms with E-state index in [-0.39, 0.29) is 18.9 Å². The average molecular weight is 730 g/mol. The van der Waals surface area contributed by atoms with Gasteiger partial charge in [-0.05, 0) is 12.8 Å². The second kappa shape index (κ2) is 20.7. The molecule has 17 unspecified atom stereocenters. The fourth-order valence-corrected chi connectivity index (χ4v) is 5.76. The molecule has 3 aliphatic rings. The molecule has 0 saturated carbocycles. The third-order valence-electron chi connectivity index (χ3n) is 8.82. The number of rotatable bonds is 18. The van der Waals surface area contributed by atoms with Crippen molar-refractivity contribution >= 4 is 5.91 Å². The molecule has 0 aromatic heterocycles. The summed E-state index contributed by atoms with van der Waals surface area (Å²) < 4.78 is 33.4. The molecule has 3 heterocycles. The molecule has 0 spiro atoms. The van der Waals surface area contributed by atoms with Crippen LogP contribution in [0.1, 0.15) is 46.0 Å². The molecule has 3 saturated heterocycles. The maximum Gasteiger partial charge on any atom is 0.220 e. The van der Waals surface area contributed by atoms with Crippen molar-refractivity contribution in [2.75, 3.05) is 26.4 Å². The third-order valence-corrected chi connectivity index (χ3v) is 8.82. The lowest BCUT2D eigenvalue weighted by molar-refractivity contribution is -0.379. The molecule has 12 N–H and O–H groups in total. The average Bonchev–Trinajstić information content (AvgIpc) is 3.11. The number of carbonyl (C=O) groups excluding carboxylic acids is 1. The Morgan fingerprint density at radius 2 is 1.20 bits per heavy atom. The van der Waals surface area contributed by atoms with Crippen LogP contribution in [0.5, 0.6) is 0 Å². The Bertz CT molecular complexity index is 1020.